The fourth-order valence-corrected chi connectivity index (χ4v) is 5.42. The van der Waals surface area contributed by atoms with Gasteiger partial charge in [-0.2, -0.15) is 13.2 Å². The van der Waals surface area contributed by atoms with Crippen LogP contribution in [0, 0.1) is 23.6 Å². The number of benzene rings is 1. The topological polar surface area (TPSA) is 50.3 Å². The van der Waals surface area contributed by atoms with E-state index in [-0.39, 0.29) is 23.1 Å². The van der Waals surface area contributed by atoms with Gasteiger partial charge in [0.05, 0.1) is 7.06 Å². The summed E-state index contributed by atoms with van der Waals surface area (Å²) in [4.78, 5) is 2.44. The monoisotopic (exact) mass is 465 g/mol. The summed E-state index contributed by atoms with van der Waals surface area (Å²) in [5.74, 6) is 0.176. The van der Waals surface area contributed by atoms with Crippen LogP contribution < -0.4 is 5.32 Å². The van der Waals surface area contributed by atoms with Crippen molar-refractivity contribution >= 4 is 5.82 Å². The number of hydrogen-bond acceptors (Lipinski definition) is 5. The van der Waals surface area contributed by atoms with E-state index in [9.17, 15) is 17.6 Å². The van der Waals surface area contributed by atoms with Crippen LogP contribution in [-0.2, 0) is 10.9 Å². The van der Waals surface area contributed by atoms with Crippen molar-refractivity contribution in [2.45, 2.75) is 37.9 Å². The Morgan fingerprint density at radius 1 is 1.09 bits per heavy atom. The van der Waals surface area contributed by atoms with Crippen LogP contribution in [0.1, 0.15) is 32.6 Å². The summed E-state index contributed by atoms with van der Waals surface area (Å²) in [5.41, 5.74) is -0.847. The second kappa shape index (κ2) is 9.18. The van der Waals surface area contributed by atoms with Gasteiger partial charge < -0.3 is 15.0 Å². The molecule has 1 unspecified atom stereocenters. The molecule has 2 saturated heterocycles. The lowest BCUT2D eigenvalue weighted by Crippen LogP contribution is -2.32. The Balaban J connectivity index is 1.29. The molecule has 0 radical (unpaired) electrons. The lowest BCUT2D eigenvalue weighted by molar-refractivity contribution is -0.137. The van der Waals surface area contributed by atoms with Crippen LogP contribution >= 0.6 is 0 Å². The maximum atomic E-state index is 13.9. The molecule has 3 atom stereocenters. The van der Waals surface area contributed by atoms with Gasteiger partial charge in [-0.3, -0.25) is 0 Å². The van der Waals surface area contributed by atoms with E-state index in [1.54, 1.807) is 0 Å². The van der Waals surface area contributed by atoms with E-state index in [0.29, 0.717) is 18.8 Å². The molecule has 0 spiro atoms. The number of anilines is 1. The van der Waals surface area contributed by atoms with Crippen molar-refractivity contribution < 1.29 is 23.7 Å². The Labute approximate surface area is 191 Å². The van der Waals surface area contributed by atoms with Gasteiger partial charge in [0.1, 0.15) is 11.4 Å². The summed E-state index contributed by atoms with van der Waals surface area (Å²) >= 11 is 0. The van der Waals surface area contributed by atoms with Gasteiger partial charge in [-0.1, -0.05) is 12.1 Å². The van der Waals surface area contributed by atoms with E-state index in [1.807, 2.05) is 0 Å². The minimum atomic E-state index is -4.69. The summed E-state index contributed by atoms with van der Waals surface area (Å²) in [6.07, 6.45) is -1.62. The fourth-order valence-electron chi connectivity index (χ4n) is 5.42. The number of rotatable bonds is 5. The first-order chi connectivity index (χ1) is 16.2. The Morgan fingerprint density at radius 2 is 1.82 bits per heavy atom. The summed E-state index contributed by atoms with van der Waals surface area (Å²) in [6.45, 7) is 4.40. The zero-order valence-electron chi connectivity index (χ0n) is 19.2. The van der Waals surface area contributed by atoms with Gasteiger partial charge in [-0.25, -0.2) is 4.39 Å². The van der Waals surface area contributed by atoms with Crippen molar-refractivity contribution in [1.82, 2.24) is 15.1 Å². The summed E-state index contributed by atoms with van der Waals surface area (Å²) in [7, 11) is 0. The molecular weight excluding hydrogens is 436 g/mol. The van der Waals surface area contributed by atoms with Crippen LogP contribution in [0.3, 0.4) is 0 Å². The Kier molecular flexibility index (Phi) is 5.92. The summed E-state index contributed by atoms with van der Waals surface area (Å²) in [6, 6.07) is 4.87. The SMILES string of the molecule is [2H]C1(Nc2nnc(-c3cccc(F)c3)cc2C(F)(F)F)C[C@H]2CN(CC3CCOCC3)C[C@H]2C1. The van der Waals surface area contributed by atoms with Crippen LogP contribution in [0.5, 0.6) is 0 Å². The number of likely N-dealkylation sites (tertiary alicyclic amines) is 1. The molecule has 5 rings (SSSR count). The standard InChI is InChI=1S/C24H28F4N4O/c25-19-3-1-2-16(8-19)22-11-21(24(26,27)28)23(31-30-22)29-20-9-17-13-32(14-18(17)10-20)12-15-4-6-33-7-5-15/h1-3,8,11,15,17-18,20H,4-7,9-10,12-14H2,(H,29,31)/t17-,18+,20?/i20D. The first-order valence-corrected chi connectivity index (χ1v) is 11.5. The van der Waals surface area contributed by atoms with Crippen molar-refractivity contribution in [3.63, 3.8) is 0 Å². The Morgan fingerprint density at radius 3 is 2.48 bits per heavy atom. The maximum Gasteiger partial charge on any atom is 0.420 e. The number of alkyl halides is 3. The number of aromatic nitrogens is 2. The molecular formula is C24H28F4N4O. The smallest absolute Gasteiger partial charge is 0.381 e. The Hall–Kier alpha value is -2.26. The zero-order valence-corrected chi connectivity index (χ0v) is 18.2. The van der Waals surface area contributed by atoms with Crippen molar-refractivity contribution in [3.05, 3.63) is 41.7 Å². The third-order valence-corrected chi connectivity index (χ3v) is 7.04. The highest BCUT2D eigenvalue weighted by Gasteiger charge is 2.42. The molecule has 2 aliphatic heterocycles. The summed E-state index contributed by atoms with van der Waals surface area (Å²) in [5, 5.41) is 10.5. The largest absolute Gasteiger partial charge is 0.420 e. The molecule has 1 N–H and O–H groups in total. The minimum absolute atomic E-state index is 0.0662. The number of nitrogens with zero attached hydrogens (tertiary/aromatic N) is 3. The molecule has 3 fully saturated rings. The van der Waals surface area contributed by atoms with Gasteiger partial charge in [0, 0.05) is 44.4 Å². The van der Waals surface area contributed by atoms with Crippen molar-refractivity contribution in [2.24, 2.45) is 17.8 Å². The predicted octanol–water partition coefficient (Wildman–Crippen LogP) is 4.85. The maximum absolute atomic E-state index is 13.9. The normalized spacial score (nSPS) is 29.2. The molecule has 3 aliphatic rings. The van der Waals surface area contributed by atoms with Gasteiger partial charge in [0.25, 0.3) is 0 Å². The molecule has 1 saturated carbocycles. The molecule has 5 nitrogen and oxygen atoms in total. The molecule has 9 heteroatoms. The second-order valence-electron chi connectivity index (χ2n) is 9.43. The van der Waals surface area contributed by atoms with Crippen LogP contribution in [0.2, 0.25) is 0 Å². The molecule has 178 valence electrons. The highest BCUT2D eigenvalue weighted by molar-refractivity contribution is 5.62. The first kappa shape index (κ1) is 21.3. The van der Waals surface area contributed by atoms with E-state index < -0.39 is 29.4 Å². The molecule has 0 bridgehead atoms. The highest BCUT2D eigenvalue weighted by atomic mass is 19.4. The van der Waals surface area contributed by atoms with Gasteiger partial charge in [0.2, 0.25) is 0 Å². The number of hydrogen-bond donors (Lipinski definition) is 1. The van der Waals surface area contributed by atoms with E-state index >= 15 is 0 Å². The molecule has 3 heterocycles. The van der Waals surface area contributed by atoms with Crippen LogP contribution in [0.4, 0.5) is 23.4 Å². The van der Waals surface area contributed by atoms with Gasteiger partial charge in [0.15, 0.2) is 5.82 Å². The van der Waals surface area contributed by atoms with Crippen molar-refractivity contribution in [3.8, 4) is 11.3 Å². The molecule has 33 heavy (non-hydrogen) atoms. The number of fused-ring (bicyclic) bond motifs is 1. The predicted molar refractivity (Wildman–Crippen MR) is 116 cm³/mol. The lowest BCUT2D eigenvalue weighted by atomic mass is 10.00. The van der Waals surface area contributed by atoms with Crippen LogP contribution in [0.25, 0.3) is 11.3 Å². The fraction of sp³-hybridized carbons (Fsp3) is 0.583. The molecule has 2 aromatic rings. The third kappa shape index (κ3) is 5.14. The molecule has 1 aromatic carbocycles. The highest BCUT2D eigenvalue weighted by Crippen LogP contribution is 2.41. The van der Waals surface area contributed by atoms with Gasteiger partial charge in [-0.15, -0.1) is 10.2 Å². The Bertz CT molecular complexity index is 1020. The average molecular weight is 466 g/mol. The third-order valence-electron chi connectivity index (χ3n) is 7.04. The zero-order chi connectivity index (χ0) is 23.9. The minimum Gasteiger partial charge on any atom is -0.381 e. The van der Waals surface area contributed by atoms with Crippen molar-refractivity contribution in [2.75, 3.05) is 38.2 Å². The van der Waals surface area contributed by atoms with Gasteiger partial charge in [-0.05, 0) is 61.6 Å². The van der Waals surface area contributed by atoms with E-state index in [2.05, 4.69) is 20.4 Å². The van der Waals surface area contributed by atoms with Crippen molar-refractivity contribution in [1.29, 1.82) is 0 Å². The summed E-state index contributed by atoms with van der Waals surface area (Å²) < 4.78 is 69.4. The first-order valence-electron chi connectivity index (χ1n) is 12.0. The van der Waals surface area contributed by atoms with E-state index in [4.69, 9.17) is 6.11 Å². The quantitative estimate of drug-likeness (QED) is 0.640. The molecule has 1 aliphatic carbocycles. The number of nitrogens with one attached hydrogen (secondary N) is 1. The number of halogens is 4. The van der Waals surface area contributed by atoms with Crippen LogP contribution in [0.15, 0.2) is 30.3 Å². The average Bonchev–Trinajstić information content (AvgIpc) is 3.27. The van der Waals surface area contributed by atoms with E-state index in [1.165, 1.54) is 18.2 Å². The lowest BCUT2D eigenvalue weighted by Gasteiger charge is -2.28. The second-order valence-corrected chi connectivity index (χ2v) is 9.43. The molecule has 0 amide bonds. The van der Waals surface area contributed by atoms with Gasteiger partial charge >= 0.3 is 6.18 Å². The molecule has 1 aromatic heterocycles. The van der Waals surface area contributed by atoms with Crippen LogP contribution in [-0.4, -0.2) is 54.0 Å². The number of ether oxygens (including phenoxy) is 1. The van der Waals surface area contributed by atoms with E-state index in [0.717, 1.165) is 57.8 Å².